The summed E-state index contributed by atoms with van der Waals surface area (Å²) in [4.78, 5) is 0. The molecule has 2 N–H and O–H groups in total. The summed E-state index contributed by atoms with van der Waals surface area (Å²) in [5.74, 6) is -3.66. The number of rotatable bonds is 5. The zero-order valence-corrected chi connectivity index (χ0v) is 8.31. The number of methoxy groups -OCH3 is 1. The summed E-state index contributed by atoms with van der Waals surface area (Å²) in [6.45, 7) is -0.237. The highest BCUT2D eigenvalue weighted by molar-refractivity contribution is 6.33. The van der Waals surface area contributed by atoms with Crippen molar-refractivity contribution in [1.29, 1.82) is 0 Å². The highest BCUT2D eigenvalue weighted by atomic mass is 19.2. The summed E-state index contributed by atoms with van der Waals surface area (Å²) in [6, 6.07) is 2.08. The lowest BCUT2D eigenvalue weighted by Crippen LogP contribution is -2.21. The van der Waals surface area contributed by atoms with E-state index in [1.807, 2.05) is 0 Å². The molecule has 0 aliphatic heterocycles. The summed E-state index contributed by atoms with van der Waals surface area (Å²) < 4.78 is 39.9. The Kier molecular flexibility index (Phi) is 4.47. The van der Waals surface area contributed by atoms with Gasteiger partial charge >= 0.3 is 7.32 Å². The van der Waals surface area contributed by atoms with Crippen LogP contribution in [0.3, 0.4) is 0 Å². The summed E-state index contributed by atoms with van der Waals surface area (Å²) >= 11 is 0. The Morgan fingerprint density at radius 2 is 1.75 bits per heavy atom. The van der Waals surface area contributed by atoms with Crippen LogP contribution in [0.2, 0.25) is 0 Å². The number of hydrogen-bond acceptors (Lipinski definition) is 5. The summed E-state index contributed by atoms with van der Waals surface area (Å²) in [5.41, 5.74) is 0. The molecule has 0 unspecified atom stereocenters. The summed E-state index contributed by atoms with van der Waals surface area (Å²) in [6.07, 6.45) is 0. The van der Waals surface area contributed by atoms with E-state index in [1.165, 1.54) is 7.11 Å². The van der Waals surface area contributed by atoms with Crippen LogP contribution in [0.4, 0.5) is 8.78 Å². The van der Waals surface area contributed by atoms with Crippen molar-refractivity contribution in [2.45, 2.75) is 0 Å². The summed E-state index contributed by atoms with van der Waals surface area (Å²) in [5, 5.41) is 16.8. The molecule has 0 aromatic heterocycles. The van der Waals surface area contributed by atoms with Crippen molar-refractivity contribution < 1.29 is 33.0 Å². The maximum atomic E-state index is 13.2. The molecule has 1 aromatic carbocycles. The van der Waals surface area contributed by atoms with Gasteiger partial charge in [0, 0.05) is 7.11 Å². The average Bonchev–Trinajstić information content (AvgIpc) is 2.23. The largest absolute Gasteiger partial charge is 0.707 e. The Balaban J connectivity index is 2.89. The van der Waals surface area contributed by atoms with Crippen LogP contribution in [0.5, 0.6) is 11.5 Å². The highest BCUT2D eigenvalue weighted by Gasteiger charge is 2.20. The van der Waals surface area contributed by atoms with Gasteiger partial charge in [-0.15, -0.1) is 0 Å². The van der Waals surface area contributed by atoms with Crippen LogP contribution < -0.4 is 9.39 Å². The van der Waals surface area contributed by atoms with Crippen LogP contribution in [-0.2, 0) is 4.74 Å². The SMILES string of the molecule is COCOc1ccc(OB(O)O)c(F)c1F. The van der Waals surface area contributed by atoms with Crippen molar-refractivity contribution in [3.63, 3.8) is 0 Å². The minimum Gasteiger partial charge on any atom is -0.509 e. The third-order valence-electron chi connectivity index (χ3n) is 1.58. The second kappa shape index (κ2) is 5.64. The number of benzene rings is 1. The van der Waals surface area contributed by atoms with Gasteiger partial charge in [0.2, 0.25) is 11.6 Å². The molecule has 0 heterocycles. The maximum Gasteiger partial charge on any atom is 0.707 e. The molecule has 16 heavy (non-hydrogen) atoms. The topological polar surface area (TPSA) is 68.2 Å². The van der Waals surface area contributed by atoms with E-state index >= 15 is 0 Å². The van der Waals surface area contributed by atoms with Gasteiger partial charge in [-0.1, -0.05) is 0 Å². The van der Waals surface area contributed by atoms with E-state index in [2.05, 4.69) is 9.39 Å². The third-order valence-corrected chi connectivity index (χ3v) is 1.58. The molecule has 1 aromatic rings. The number of ether oxygens (including phenoxy) is 2. The van der Waals surface area contributed by atoms with Gasteiger partial charge in [-0.05, 0) is 12.1 Å². The average molecular weight is 234 g/mol. The first kappa shape index (κ1) is 12.7. The summed E-state index contributed by atoms with van der Waals surface area (Å²) in [7, 11) is -0.895. The van der Waals surface area contributed by atoms with Gasteiger partial charge in [-0.25, -0.2) is 0 Å². The van der Waals surface area contributed by atoms with Crippen LogP contribution >= 0.6 is 0 Å². The molecule has 0 bridgehead atoms. The fourth-order valence-electron chi connectivity index (χ4n) is 0.952. The Hall–Kier alpha value is -1.38. The van der Waals surface area contributed by atoms with E-state index < -0.39 is 24.7 Å². The minimum atomic E-state index is -2.22. The zero-order chi connectivity index (χ0) is 12.1. The van der Waals surface area contributed by atoms with Crippen molar-refractivity contribution >= 4 is 7.32 Å². The van der Waals surface area contributed by atoms with E-state index in [1.54, 1.807) is 0 Å². The van der Waals surface area contributed by atoms with Crippen LogP contribution in [0.1, 0.15) is 0 Å². The molecule has 0 saturated carbocycles. The van der Waals surface area contributed by atoms with Crippen LogP contribution in [0.15, 0.2) is 12.1 Å². The molecule has 8 heteroatoms. The fourth-order valence-corrected chi connectivity index (χ4v) is 0.952. The molecule has 1 rings (SSSR count). The van der Waals surface area contributed by atoms with E-state index in [0.717, 1.165) is 12.1 Å². The number of hydrogen-bond donors (Lipinski definition) is 2. The first-order valence-corrected chi connectivity index (χ1v) is 4.18. The van der Waals surface area contributed by atoms with Gasteiger partial charge < -0.3 is 24.2 Å². The molecular weight excluding hydrogens is 225 g/mol. The normalized spacial score (nSPS) is 10.1. The Bertz CT molecular complexity index is 361. The highest BCUT2D eigenvalue weighted by Crippen LogP contribution is 2.27. The van der Waals surface area contributed by atoms with Crippen molar-refractivity contribution in [3.8, 4) is 11.5 Å². The fraction of sp³-hybridized carbons (Fsp3) is 0.250. The molecule has 5 nitrogen and oxygen atoms in total. The van der Waals surface area contributed by atoms with Gasteiger partial charge in [0.15, 0.2) is 12.5 Å². The van der Waals surface area contributed by atoms with Gasteiger partial charge in [0.05, 0.1) is 0 Å². The molecule has 0 aliphatic rings. The third kappa shape index (κ3) is 3.06. The molecule has 0 fully saturated rings. The smallest absolute Gasteiger partial charge is 0.509 e. The Morgan fingerprint density at radius 1 is 1.19 bits per heavy atom. The first-order valence-electron chi connectivity index (χ1n) is 4.18. The minimum absolute atomic E-state index is 0.237. The number of halogens is 2. The molecule has 0 amide bonds. The second-order valence-corrected chi connectivity index (χ2v) is 2.68. The molecule has 0 radical (unpaired) electrons. The van der Waals surface area contributed by atoms with Crippen molar-refractivity contribution in [3.05, 3.63) is 23.8 Å². The van der Waals surface area contributed by atoms with Crippen molar-refractivity contribution in [2.24, 2.45) is 0 Å². The molecule has 0 spiro atoms. The van der Waals surface area contributed by atoms with Gasteiger partial charge in [-0.2, -0.15) is 8.78 Å². The Morgan fingerprint density at radius 3 is 2.31 bits per heavy atom. The molecule has 0 atom stereocenters. The predicted octanol–water partition coefficient (Wildman–Crippen LogP) is 0.296. The van der Waals surface area contributed by atoms with Crippen LogP contribution in [0.25, 0.3) is 0 Å². The zero-order valence-electron chi connectivity index (χ0n) is 8.31. The first-order chi connectivity index (χ1) is 7.56. The second-order valence-electron chi connectivity index (χ2n) is 2.68. The monoisotopic (exact) mass is 234 g/mol. The van der Waals surface area contributed by atoms with Crippen LogP contribution in [-0.4, -0.2) is 31.3 Å². The lowest BCUT2D eigenvalue weighted by atomic mass is 10.2. The lowest BCUT2D eigenvalue weighted by molar-refractivity contribution is 0.0476. The standard InChI is InChI=1S/C8H9BF2O5/c1-14-4-15-5-2-3-6(16-9(12)13)8(11)7(5)10/h2-3,12-13H,4H2,1H3. The molecule has 0 saturated heterocycles. The quantitative estimate of drug-likeness (QED) is 0.566. The van der Waals surface area contributed by atoms with Gasteiger partial charge in [0.1, 0.15) is 5.75 Å². The Labute approximate surface area is 90.3 Å². The van der Waals surface area contributed by atoms with Crippen LogP contribution in [0, 0.1) is 11.6 Å². The van der Waals surface area contributed by atoms with E-state index in [-0.39, 0.29) is 12.5 Å². The predicted molar refractivity (Wildman–Crippen MR) is 49.7 cm³/mol. The molecule has 0 aliphatic carbocycles. The lowest BCUT2D eigenvalue weighted by Gasteiger charge is -2.10. The molecule has 88 valence electrons. The van der Waals surface area contributed by atoms with E-state index in [4.69, 9.17) is 14.8 Å². The maximum absolute atomic E-state index is 13.2. The van der Waals surface area contributed by atoms with Crippen molar-refractivity contribution in [2.75, 3.05) is 13.9 Å². The molecular formula is C8H9BF2O5. The van der Waals surface area contributed by atoms with E-state index in [0.29, 0.717) is 0 Å². The van der Waals surface area contributed by atoms with E-state index in [9.17, 15) is 8.78 Å². The van der Waals surface area contributed by atoms with Gasteiger partial charge in [0.25, 0.3) is 0 Å². The van der Waals surface area contributed by atoms with Gasteiger partial charge in [-0.3, -0.25) is 0 Å². The van der Waals surface area contributed by atoms with Crippen molar-refractivity contribution in [1.82, 2.24) is 0 Å².